The van der Waals surface area contributed by atoms with E-state index in [1.165, 1.54) is 6.07 Å². The summed E-state index contributed by atoms with van der Waals surface area (Å²) >= 11 is 0. The van der Waals surface area contributed by atoms with Crippen LogP contribution in [0.5, 0.6) is 0 Å². The fraction of sp³-hybridized carbons (Fsp3) is 0.417. The van der Waals surface area contributed by atoms with E-state index >= 15 is 0 Å². The Kier molecular flexibility index (Phi) is 3.72. The molecule has 1 amide bonds. The van der Waals surface area contributed by atoms with Gasteiger partial charge in [0, 0.05) is 13.0 Å². The number of anilines is 1. The number of primary amides is 1. The lowest BCUT2D eigenvalue weighted by atomic mass is 10.2. The number of hydrogen-bond acceptors (Lipinski definition) is 5. The van der Waals surface area contributed by atoms with E-state index in [9.17, 15) is 18.3 Å². The number of amides is 1. The van der Waals surface area contributed by atoms with Crippen molar-refractivity contribution < 1.29 is 18.3 Å². The average molecular weight is 299 g/mol. The number of carbonyl (C=O) groups excluding carboxylic acids is 1. The highest BCUT2D eigenvalue weighted by molar-refractivity contribution is 7.89. The van der Waals surface area contributed by atoms with Gasteiger partial charge >= 0.3 is 0 Å². The van der Waals surface area contributed by atoms with Gasteiger partial charge in [-0.1, -0.05) is 6.07 Å². The number of nitrogens with two attached hydrogens (primary N) is 2. The van der Waals surface area contributed by atoms with E-state index in [2.05, 4.69) is 0 Å². The lowest BCUT2D eigenvalue weighted by molar-refractivity contribution is -0.121. The minimum Gasteiger partial charge on any atom is -0.398 e. The summed E-state index contributed by atoms with van der Waals surface area (Å²) in [6, 6.07) is 3.51. The first-order valence-corrected chi connectivity index (χ1v) is 7.53. The van der Waals surface area contributed by atoms with E-state index in [4.69, 9.17) is 11.5 Å². The number of aliphatic hydroxyl groups is 1. The van der Waals surface area contributed by atoms with Crippen LogP contribution >= 0.6 is 0 Å². The highest BCUT2D eigenvalue weighted by Crippen LogP contribution is 2.29. The van der Waals surface area contributed by atoms with Crippen molar-refractivity contribution in [1.82, 2.24) is 4.31 Å². The summed E-state index contributed by atoms with van der Waals surface area (Å²) in [5.41, 5.74) is 11.9. The minimum atomic E-state index is -3.97. The van der Waals surface area contributed by atoms with Gasteiger partial charge in [0.15, 0.2) is 0 Å². The van der Waals surface area contributed by atoms with Crippen LogP contribution in [0.1, 0.15) is 12.0 Å². The van der Waals surface area contributed by atoms with Crippen LogP contribution in [0, 0.1) is 6.92 Å². The number of carbonyl (C=O) groups is 1. The molecule has 2 atom stereocenters. The first-order valence-electron chi connectivity index (χ1n) is 6.09. The minimum absolute atomic E-state index is 0.000327. The smallest absolute Gasteiger partial charge is 0.245 e. The zero-order chi connectivity index (χ0) is 15.1. The average Bonchev–Trinajstić information content (AvgIpc) is 2.71. The van der Waals surface area contributed by atoms with Crippen LogP contribution in [0.2, 0.25) is 0 Å². The van der Waals surface area contributed by atoms with Gasteiger partial charge in [0.2, 0.25) is 15.9 Å². The number of β-amino-alcohol motifs (C(OH)–C–C–N with tert-alkyl or cyclic N) is 1. The Labute approximate surface area is 117 Å². The number of hydrogen-bond donors (Lipinski definition) is 3. The maximum atomic E-state index is 12.6. The number of rotatable bonds is 3. The zero-order valence-corrected chi connectivity index (χ0v) is 11.8. The molecule has 1 aliphatic heterocycles. The quantitative estimate of drug-likeness (QED) is 0.629. The lowest BCUT2D eigenvalue weighted by Crippen LogP contribution is -2.43. The second kappa shape index (κ2) is 5.04. The van der Waals surface area contributed by atoms with Gasteiger partial charge in [-0.2, -0.15) is 4.31 Å². The Morgan fingerprint density at radius 2 is 2.10 bits per heavy atom. The molecule has 7 nitrogen and oxygen atoms in total. The predicted molar refractivity (Wildman–Crippen MR) is 73.1 cm³/mol. The molecule has 0 radical (unpaired) electrons. The number of benzene rings is 1. The normalized spacial score (nSPS) is 23.9. The highest BCUT2D eigenvalue weighted by Gasteiger charge is 2.43. The van der Waals surface area contributed by atoms with E-state index in [1.54, 1.807) is 19.1 Å². The fourth-order valence-corrected chi connectivity index (χ4v) is 4.08. The van der Waals surface area contributed by atoms with Crippen LogP contribution < -0.4 is 11.5 Å². The van der Waals surface area contributed by atoms with Gasteiger partial charge in [0.1, 0.15) is 10.9 Å². The largest absolute Gasteiger partial charge is 0.398 e. The highest BCUT2D eigenvalue weighted by atomic mass is 32.2. The van der Waals surface area contributed by atoms with Gasteiger partial charge in [-0.3, -0.25) is 4.79 Å². The third kappa shape index (κ3) is 2.49. The standard InChI is InChI=1S/C12H17N3O4S/c1-7-2-3-11(9(13)4-7)20(18,19)15-6-8(16)5-10(15)12(14)17/h2-4,8,10,16H,5-6,13H2,1H3,(H2,14,17). The van der Waals surface area contributed by atoms with E-state index < -0.39 is 28.1 Å². The molecule has 20 heavy (non-hydrogen) atoms. The van der Waals surface area contributed by atoms with E-state index in [1.807, 2.05) is 0 Å². The summed E-state index contributed by atoms with van der Waals surface area (Å²) in [6.45, 7) is 1.63. The molecule has 0 bridgehead atoms. The van der Waals surface area contributed by atoms with Crippen molar-refractivity contribution in [1.29, 1.82) is 0 Å². The number of aliphatic hydroxyl groups excluding tert-OH is 1. The molecular weight excluding hydrogens is 282 g/mol. The molecule has 1 aromatic carbocycles. The molecule has 5 N–H and O–H groups in total. The first kappa shape index (κ1) is 14.8. The molecule has 110 valence electrons. The second-order valence-electron chi connectivity index (χ2n) is 4.92. The van der Waals surface area contributed by atoms with Crippen molar-refractivity contribution in [2.75, 3.05) is 12.3 Å². The van der Waals surface area contributed by atoms with Crippen LogP contribution in [-0.4, -0.2) is 42.4 Å². The van der Waals surface area contributed by atoms with E-state index in [0.29, 0.717) is 0 Å². The van der Waals surface area contributed by atoms with E-state index in [0.717, 1.165) is 9.87 Å². The van der Waals surface area contributed by atoms with Gasteiger partial charge in [0.25, 0.3) is 0 Å². The van der Waals surface area contributed by atoms with Crippen LogP contribution in [0.3, 0.4) is 0 Å². The van der Waals surface area contributed by atoms with Gasteiger partial charge < -0.3 is 16.6 Å². The van der Waals surface area contributed by atoms with Crippen LogP contribution in [0.15, 0.2) is 23.1 Å². The molecule has 0 spiro atoms. The van der Waals surface area contributed by atoms with Gasteiger partial charge in [0.05, 0.1) is 11.8 Å². The molecular formula is C12H17N3O4S. The fourth-order valence-electron chi connectivity index (χ4n) is 2.34. The van der Waals surface area contributed by atoms with Crippen molar-refractivity contribution in [2.24, 2.45) is 5.73 Å². The molecule has 0 aliphatic carbocycles. The Morgan fingerprint density at radius 1 is 1.45 bits per heavy atom. The van der Waals surface area contributed by atoms with Crippen LogP contribution in [0.25, 0.3) is 0 Å². The third-order valence-corrected chi connectivity index (χ3v) is 5.26. The molecule has 2 rings (SSSR count). The topological polar surface area (TPSA) is 127 Å². The summed E-state index contributed by atoms with van der Waals surface area (Å²) in [4.78, 5) is 11.3. The molecule has 8 heteroatoms. The van der Waals surface area contributed by atoms with Gasteiger partial charge in [-0.25, -0.2) is 8.42 Å². The van der Waals surface area contributed by atoms with Crippen LogP contribution in [0.4, 0.5) is 5.69 Å². The summed E-state index contributed by atoms with van der Waals surface area (Å²) in [6.07, 6.45) is -0.908. The Hall–Kier alpha value is -1.64. The summed E-state index contributed by atoms with van der Waals surface area (Å²) in [5.74, 6) is -0.782. The molecule has 0 saturated carbocycles. The van der Waals surface area contributed by atoms with Crippen molar-refractivity contribution in [3.8, 4) is 0 Å². The van der Waals surface area contributed by atoms with Crippen molar-refractivity contribution in [3.63, 3.8) is 0 Å². The third-order valence-electron chi connectivity index (χ3n) is 3.31. The van der Waals surface area contributed by atoms with Crippen molar-refractivity contribution in [3.05, 3.63) is 23.8 Å². The number of nitrogen functional groups attached to an aromatic ring is 1. The van der Waals surface area contributed by atoms with Crippen LogP contribution in [-0.2, 0) is 14.8 Å². The maximum absolute atomic E-state index is 12.6. The van der Waals surface area contributed by atoms with E-state index in [-0.39, 0.29) is 23.5 Å². The molecule has 1 heterocycles. The predicted octanol–water partition coefficient (Wildman–Crippen LogP) is -0.814. The van der Waals surface area contributed by atoms with Gasteiger partial charge in [-0.05, 0) is 24.6 Å². The first-order chi connectivity index (χ1) is 9.23. The molecule has 2 unspecified atom stereocenters. The Morgan fingerprint density at radius 3 is 2.65 bits per heavy atom. The zero-order valence-electron chi connectivity index (χ0n) is 11.0. The number of nitrogens with zero attached hydrogens (tertiary/aromatic N) is 1. The summed E-state index contributed by atoms with van der Waals surface area (Å²) < 4.78 is 26.0. The van der Waals surface area contributed by atoms with Crippen molar-refractivity contribution in [2.45, 2.75) is 30.4 Å². The van der Waals surface area contributed by atoms with Crippen molar-refractivity contribution >= 4 is 21.6 Å². The summed E-state index contributed by atoms with van der Waals surface area (Å²) in [5, 5.41) is 9.60. The number of aryl methyl sites for hydroxylation is 1. The maximum Gasteiger partial charge on any atom is 0.245 e. The molecule has 1 aliphatic rings. The van der Waals surface area contributed by atoms with Gasteiger partial charge in [-0.15, -0.1) is 0 Å². The molecule has 0 aromatic heterocycles. The lowest BCUT2D eigenvalue weighted by Gasteiger charge is -2.22. The monoisotopic (exact) mass is 299 g/mol. The second-order valence-corrected chi connectivity index (χ2v) is 6.78. The SMILES string of the molecule is Cc1ccc(S(=O)(=O)N2CC(O)CC2C(N)=O)c(N)c1. The molecule has 1 saturated heterocycles. The molecule has 1 fully saturated rings. The Balaban J connectivity index is 2.46. The number of sulfonamides is 1. The molecule has 1 aromatic rings. The Bertz CT molecular complexity index is 644. The summed E-state index contributed by atoms with van der Waals surface area (Å²) in [7, 11) is -3.97.